The summed E-state index contributed by atoms with van der Waals surface area (Å²) >= 11 is 0. The van der Waals surface area contributed by atoms with Crippen LogP contribution in [-0.4, -0.2) is 15.8 Å². The van der Waals surface area contributed by atoms with Gasteiger partial charge >= 0.3 is 0 Å². The van der Waals surface area contributed by atoms with Crippen molar-refractivity contribution >= 4 is 101 Å². The number of hydrogen-bond acceptors (Lipinski definition) is 2. The lowest BCUT2D eigenvalue weighted by molar-refractivity contribution is 0.332. The van der Waals surface area contributed by atoms with Crippen molar-refractivity contribution in [1.29, 1.82) is 0 Å². The highest BCUT2D eigenvalue weighted by Crippen LogP contribution is 2.53. The van der Waals surface area contributed by atoms with Crippen LogP contribution in [0.25, 0.3) is 122 Å². The molecule has 0 N–H and O–H groups in total. The van der Waals surface area contributed by atoms with E-state index in [4.69, 9.17) is 0 Å². The number of rotatable bonds is 10. The van der Waals surface area contributed by atoms with Gasteiger partial charge in [0.25, 0.3) is 6.71 Å². The molecule has 15 aromatic carbocycles. The smallest absolute Gasteiger partial charge is 0.252 e. The molecule has 0 radical (unpaired) electrons. The first-order chi connectivity index (χ1) is 55.6. The summed E-state index contributed by atoms with van der Waals surface area (Å²) in [5.74, 6) is 0. The summed E-state index contributed by atoms with van der Waals surface area (Å²) < 4.78 is 5.10. The van der Waals surface area contributed by atoms with Crippen LogP contribution < -0.4 is 26.2 Å². The average Bonchev–Trinajstić information content (AvgIpc) is 1.50. The Morgan fingerprint density at radius 2 is 0.557 bits per heavy atom. The van der Waals surface area contributed by atoms with E-state index in [-0.39, 0.29) is 33.8 Å². The lowest BCUT2D eigenvalue weighted by Crippen LogP contribution is -2.61. The van der Waals surface area contributed by atoms with Crippen molar-refractivity contribution in [3.8, 4) is 78.1 Å². The van der Waals surface area contributed by atoms with Crippen molar-refractivity contribution in [3.63, 3.8) is 0 Å². The Balaban J connectivity index is 0.849. The van der Waals surface area contributed by atoms with E-state index < -0.39 is 0 Å². The van der Waals surface area contributed by atoms with Crippen LogP contribution in [0.1, 0.15) is 130 Å². The molecule has 5 heteroatoms. The maximum absolute atomic E-state index is 2.65. The molecule has 0 unspecified atom stereocenters. The van der Waals surface area contributed by atoms with Gasteiger partial charge in [0.2, 0.25) is 0 Å². The second-order valence-corrected chi connectivity index (χ2v) is 37.0. The third-order valence-corrected chi connectivity index (χ3v) is 27.0. The van der Waals surface area contributed by atoms with Gasteiger partial charge in [0.05, 0.1) is 27.8 Å². The Bertz CT molecular complexity index is 6690. The molecule has 4 nitrogen and oxygen atoms in total. The van der Waals surface area contributed by atoms with E-state index in [0.717, 1.165) is 69.4 Å². The van der Waals surface area contributed by atoms with E-state index in [1.54, 1.807) is 0 Å². The molecule has 0 saturated heterocycles. The van der Waals surface area contributed by atoms with Gasteiger partial charge in [-0.15, -0.1) is 0 Å². The molecule has 2 aliphatic carbocycles. The van der Waals surface area contributed by atoms with Crippen LogP contribution in [-0.2, 0) is 27.1 Å². The van der Waals surface area contributed by atoms with E-state index >= 15 is 0 Å². The van der Waals surface area contributed by atoms with E-state index in [2.05, 4.69) is 423 Å². The molecular weight excluding hydrogens is 1390 g/mol. The van der Waals surface area contributed by atoms with E-state index in [9.17, 15) is 0 Å². The van der Waals surface area contributed by atoms with Crippen molar-refractivity contribution in [1.82, 2.24) is 9.13 Å². The topological polar surface area (TPSA) is 16.3 Å². The predicted octanol–water partition coefficient (Wildman–Crippen LogP) is 28.0. The zero-order chi connectivity index (χ0) is 78.2. The van der Waals surface area contributed by atoms with Crippen molar-refractivity contribution in [3.05, 3.63) is 355 Å². The fourth-order valence-corrected chi connectivity index (χ4v) is 20.3. The van der Waals surface area contributed by atoms with Gasteiger partial charge in [-0.25, -0.2) is 0 Å². The van der Waals surface area contributed by atoms with Crippen LogP contribution in [0.2, 0.25) is 0 Å². The first-order valence-corrected chi connectivity index (χ1v) is 41.6. The summed E-state index contributed by atoms with van der Waals surface area (Å²) in [7, 11) is 0. The Labute approximate surface area is 677 Å². The van der Waals surface area contributed by atoms with Crippen LogP contribution in [0.3, 0.4) is 0 Å². The average molecular weight is 1480 g/mol. The number of fused-ring (bicyclic) bond motifs is 12. The summed E-state index contributed by atoms with van der Waals surface area (Å²) in [6.45, 7) is 26.2. The second kappa shape index (κ2) is 26.1. The summed E-state index contributed by atoms with van der Waals surface area (Å²) in [5.41, 5.74) is 39.3. The lowest BCUT2D eigenvalue weighted by atomic mass is 9.33. The molecule has 0 fully saturated rings. The van der Waals surface area contributed by atoms with Crippen molar-refractivity contribution < 1.29 is 0 Å². The minimum Gasteiger partial charge on any atom is -0.311 e. The summed E-state index contributed by atoms with van der Waals surface area (Å²) in [6.07, 6.45) is 4.67. The fraction of sp³-hybridized carbons (Fsp3) is 0.182. The molecule has 0 saturated carbocycles. The zero-order valence-corrected chi connectivity index (χ0v) is 67.9. The summed E-state index contributed by atoms with van der Waals surface area (Å²) in [6, 6.07) is 126. The molecular formula is C110H95BN4. The molecule has 21 rings (SSSR count). The first kappa shape index (κ1) is 70.4. The maximum atomic E-state index is 2.65. The molecule has 2 aliphatic heterocycles. The van der Waals surface area contributed by atoms with E-state index in [1.807, 2.05) is 0 Å². The summed E-state index contributed by atoms with van der Waals surface area (Å²) in [5, 5.41) is 4.85. The number of nitrogens with zero attached hydrogens (tertiary/aromatic N) is 4. The number of aromatic nitrogens is 2. The summed E-state index contributed by atoms with van der Waals surface area (Å²) in [4.78, 5) is 5.28. The molecule has 558 valence electrons. The standard InChI is InChI=1S/C110H95BN4/c1-106(2,3)82-43-31-73(32-44-82)81-39-52-95-101(66-81)112(83-45-33-74(34-46-83)79-37-50-91-93(64-79)109(8,9)59-57-107(91,4)5)103-68-86(115-99-55-41-77(71-25-17-13-18-26-71)62-89(99)90-63-78(42-56-100(90)115)72-27-19-14-20-28-72)69-104-105(103)111(95)96-53-49-85(114-97-30-22-21-29-87(97)88-61-76(40-54-98(88)114)70-23-15-12-16-24-70)67-102(96)113(104)84-47-35-75(36-48-84)80-38-51-92-94(65-80)110(10,11)60-58-108(92,6)7/h12-56,61-69H,57-60H2,1-11H3. The molecule has 4 aliphatic rings. The number of hydrogen-bond donors (Lipinski definition) is 0. The first-order valence-electron chi connectivity index (χ1n) is 41.6. The van der Waals surface area contributed by atoms with Gasteiger partial charge in [0.1, 0.15) is 0 Å². The largest absolute Gasteiger partial charge is 0.311 e. The van der Waals surface area contributed by atoms with Gasteiger partial charge in [-0.05, 0) is 261 Å². The van der Waals surface area contributed by atoms with Crippen molar-refractivity contribution in [2.45, 2.75) is 129 Å². The van der Waals surface area contributed by atoms with Crippen LogP contribution >= 0.6 is 0 Å². The van der Waals surface area contributed by atoms with Crippen molar-refractivity contribution in [2.75, 3.05) is 9.80 Å². The zero-order valence-electron chi connectivity index (χ0n) is 67.9. The molecule has 115 heavy (non-hydrogen) atoms. The lowest BCUT2D eigenvalue weighted by Gasteiger charge is -2.44. The third kappa shape index (κ3) is 11.5. The molecule has 17 aromatic rings. The van der Waals surface area contributed by atoms with Crippen LogP contribution in [0.15, 0.2) is 328 Å². The Morgan fingerprint density at radius 3 is 1.01 bits per heavy atom. The molecule has 2 aromatic heterocycles. The van der Waals surface area contributed by atoms with Gasteiger partial charge in [-0.3, -0.25) is 0 Å². The molecule has 0 amide bonds. The maximum Gasteiger partial charge on any atom is 0.252 e. The highest BCUT2D eigenvalue weighted by molar-refractivity contribution is 7.00. The third-order valence-electron chi connectivity index (χ3n) is 27.0. The molecule has 0 bridgehead atoms. The van der Waals surface area contributed by atoms with Gasteiger partial charge in [-0.2, -0.15) is 0 Å². The van der Waals surface area contributed by atoms with Gasteiger partial charge in [-0.1, -0.05) is 307 Å². The Morgan fingerprint density at radius 1 is 0.243 bits per heavy atom. The van der Waals surface area contributed by atoms with E-state index in [0.29, 0.717) is 0 Å². The van der Waals surface area contributed by atoms with Crippen molar-refractivity contribution in [2.24, 2.45) is 0 Å². The SMILES string of the molecule is CC(C)(C)c1ccc(-c2ccc3c(c2)N(c2ccc(-c4ccc5c(c4)C(C)(C)CCC5(C)C)cc2)c2cc(-n4c5ccc(-c6ccccc6)cc5c5cc(-c6ccccc6)ccc54)cc4c2B3c2ccc(-n3c5ccccc5c5cc(-c6ccccc6)ccc53)cc2N4c2ccc(-c3ccc4c(c3)C(C)(C)CCC4(C)C)cc2)cc1. The fourth-order valence-electron chi connectivity index (χ4n) is 20.3. The Kier molecular flexibility index (Phi) is 16.0. The number of benzene rings is 15. The van der Waals surface area contributed by atoms with Crippen LogP contribution in [0, 0.1) is 0 Å². The highest BCUT2D eigenvalue weighted by Gasteiger charge is 2.46. The minimum atomic E-state index is -0.195. The predicted molar refractivity (Wildman–Crippen MR) is 491 cm³/mol. The second-order valence-electron chi connectivity index (χ2n) is 37.0. The highest BCUT2D eigenvalue weighted by atomic mass is 15.2. The van der Waals surface area contributed by atoms with Gasteiger partial charge in [0, 0.05) is 61.4 Å². The van der Waals surface area contributed by atoms with Crippen LogP contribution in [0.5, 0.6) is 0 Å². The van der Waals surface area contributed by atoms with Gasteiger partial charge < -0.3 is 18.9 Å². The number of anilines is 6. The van der Waals surface area contributed by atoms with Crippen LogP contribution in [0.4, 0.5) is 34.1 Å². The molecule has 4 heterocycles. The quantitative estimate of drug-likeness (QED) is 0.127. The monoisotopic (exact) mass is 1480 g/mol. The van der Waals surface area contributed by atoms with E-state index in [1.165, 1.54) is 156 Å². The number of para-hydroxylation sites is 1. The Hall–Kier alpha value is -12.4. The van der Waals surface area contributed by atoms with Gasteiger partial charge in [0.15, 0.2) is 0 Å². The molecule has 0 spiro atoms. The minimum absolute atomic E-state index is 0.00121. The molecule has 0 atom stereocenters. The normalized spacial score (nSPS) is 15.5.